The molecule has 3 N–H and O–H groups in total. The van der Waals surface area contributed by atoms with E-state index in [4.69, 9.17) is 10.5 Å². The van der Waals surface area contributed by atoms with Crippen molar-refractivity contribution in [1.82, 2.24) is 19.3 Å². The Morgan fingerprint density at radius 1 is 1.42 bits per heavy atom. The van der Waals surface area contributed by atoms with Gasteiger partial charge in [0.2, 0.25) is 21.9 Å². The highest BCUT2D eigenvalue weighted by molar-refractivity contribution is 7.88. The van der Waals surface area contributed by atoms with Gasteiger partial charge in [0.05, 0.1) is 13.4 Å². The van der Waals surface area contributed by atoms with E-state index in [1.807, 2.05) is 0 Å². The van der Waals surface area contributed by atoms with Crippen LogP contribution in [0.15, 0.2) is 12.1 Å². The van der Waals surface area contributed by atoms with Gasteiger partial charge in [-0.1, -0.05) is 0 Å². The van der Waals surface area contributed by atoms with Gasteiger partial charge in [0.1, 0.15) is 5.52 Å². The molecule has 0 saturated heterocycles. The SMILES string of the molecule is COc1ccc2nc(N)n(CCNS(C)(=O)=O)c2n1. The lowest BCUT2D eigenvalue weighted by atomic mass is 10.4. The topological polar surface area (TPSA) is 112 Å². The van der Waals surface area contributed by atoms with Gasteiger partial charge in [-0.25, -0.2) is 18.1 Å². The number of hydrogen-bond donors (Lipinski definition) is 2. The second-order valence-corrected chi connectivity index (χ2v) is 5.82. The molecule has 8 nitrogen and oxygen atoms in total. The first kappa shape index (κ1) is 13.6. The predicted molar refractivity (Wildman–Crippen MR) is 71.3 cm³/mol. The smallest absolute Gasteiger partial charge is 0.215 e. The van der Waals surface area contributed by atoms with E-state index in [2.05, 4.69) is 14.7 Å². The summed E-state index contributed by atoms with van der Waals surface area (Å²) in [5, 5.41) is 0. The number of ether oxygens (including phenoxy) is 1. The molecular formula is C10H15N5O3S. The maximum Gasteiger partial charge on any atom is 0.215 e. The zero-order valence-corrected chi connectivity index (χ0v) is 11.4. The number of rotatable bonds is 5. The molecule has 0 unspecified atom stereocenters. The number of nitrogens with two attached hydrogens (primary N) is 1. The molecule has 0 amide bonds. The average Bonchev–Trinajstić information content (AvgIpc) is 2.63. The minimum Gasteiger partial charge on any atom is -0.481 e. The Bertz CT molecular complexity index is 694. The number of fused-ring (bicyclic) bond motifs is 1. The Balaban J connectivity index is 2.28. The second kappa shape index (κ2) is 5.02. The van der Waals surface area contributed by atoms with Crippen LogP contribution in [0, 0.1) is 0 Å². The van der Waals surface area contributed by atoms with E-state index in [9.17, 15) is 8.42 Å². The molecule has 19 heavy (non-hydrogen) atoms. The summed E-state index contributed by atoms with van der Waals surface area (Å²) >= 11 is 0. The first-order valence-corrected chi connectivity index (χ1v) is 7.41. The van der Waals surface area contributed by atoms with Crippen LogP contribution in [-0.2, 0) is 16.6 Å². The average molecular weight is 285 g/mol. The van der Waals surface area contributed by atoms with Crippen molar-refractivity contribution >= 4 is 27.1 Å². The van der Waals surface area contributed by atoms with Gasteiger partial charge in [-0.3, -0.25) is 4.57 Å². The van der Waals surface area contributed by atoms with E-state index in [1.165, 1.54) is 7.11 Å². The van der Waals surface area contributed by atoms with Crippen LogP contribution in [0.2, 0.25) is 0 Å². The molecule has 0 aliphatic rings. The van der Waals surface area contributed by atoms with Crippen molar-refractivity contribution in [2.75, 3.05) is 25.6 Å². The fourth-order valence-electron chi connectivity index (χ4n) is 1.68. The number of sulfonamides is 1. The number of hydrogen-bond acceptors (Lipinski definition) is 6. The zero-order valence-electron chi connectivity index (χ0n) is 10.6. The molecule has 0 aliphatic heterocycles. The fourth-order valence-corrected chi connectivity index (χ4v) is 2.14. The minimum absolute atomic E-state index is 0.216. The van der Waals surface area contributed by atoms with Crippen LogP contribution < -0.4 is 15.2 Å². The molecule has 0 radical (unpaired) electrons. The van der Waals surface area contributed by atoms with Crippen LogP contribution in [0.1, 0.15) is 0 Å². The molecule has 2 heterocycles. The zero-order chi connectivity index (χ0) is 14.0. The van der Waals surface area contributed by atoms with E-state index >= 15 is 0 Å². The van der Waals surface area contributed by atoms with Crippen molar-refractivity contribution in [3.8, 4) is 5.88 Å². The third-order valence-corrected chi connectivity index (χ3v) is 3.23. The molecule has 0 aromatic carbocycles. The van der Waals surface area contributed by atoms with Crippen molar-refractivity contribution in [1.29, 1.82) is 0 Å². The van der Waals surface area contributed by atoms with E-state index in [1.54, 1.807) is 16.7 Å². The number of nitrogens with zero attached hydrogens (tertiary/aromatic N) is 3. The van der Waals surface area contributed by atoms with Gasteiger partial charge < -0.3 is 10.5 Å². The Hall–Kier alpha value is -1.87. The number of methoxy groups -OCH3 is 1. The summed E-state index contributed by atoms with van der Waals surface area (Å²) in [5.74, 6) is 0.732. The number of aromatic nitrogens is 3. The first-order valence-electron chi connectivity index (χ1n) is 5.52. The third-order valence-electron chi connectivity index (χ3n) is 2.50. The lowest BCUT2D eigenvalue weighted by molar-refractivity contribution is 0.399. The van der Waals surface area contributed by atoms with Gasteiger partial charge in [0.15, 0.2) is 5.65 Å². The van der Waals surface area contributed by atoms with Gasteiger partial charge in [-0.05, 0) is 6.07 Å². The maximum atomic E-state index is 11.0. The largest absolute Gasteiger partial charge is 0.481 e. The van der Waals surface area contributed by atoms with Gasteiger partial charge >= 0.3 is 0 Å². The highest BCUT2D eigenvalue weighted by Gasteiger charge is 2.11. The number of imidazole rings is 1. The summed E-state index contributed by atoms with van der Waals surface area (Å²) < 4.78 is 31.1. The predicted octanol–water partition coefficient (Wildman–Crippen LogP) is -0.429. The lowest BCUT2D eigenvalue weighted by Gasteiger charge is -2.06. The molecule has 0 saturated carbocycles. The minimum atomic E-state index is -3.23. The molecule has 2 aromatic heterocycles. The molecule has 104 valence electrons. The molecule has 0 atom stereocenters. The lowest BCUT2D eigenvalue weighted by Crippen LogP contribution is -2.26. The van der Waals surface area contributed by atoms with Gasteiger partial charge in [-0.15, -0.1) is 0 Å². The van der Waals surface area contributed by atoms with Crippen molar-refractivity contribution < 1.29 is 13.2 Å². The van der Waals surface area contributed by atoms with Crippen LogP contribution in [0.3, 0.4) is 0 Å². The maximum absolute atomic E-state index is 11.0. The Morgan fingerprint density at radius 2 is 2.16 bits per heavy atom. The molecule has 0 aliphatic carbocycles. The van der Waals surface area contributed by atoms with Crippen LogP contribution >= 0.6 is 0 Å². The second-order valence-electron chi connectivity index (χ2n) is 3.98. The molecular weight excluding hydrogens is 270 g/mol. The van der Waals surface area contributed by atoms with Crippen molar-refractivity contribution in [3.63, 3.8) is 0 Å². The van der Waals surface area contributed by atoms with Gasteiger partial charge in [-0.2, -0.15) is 4.98 Å². The molecule has 2 aromatic rings. The summed E-state index contributed by atoms with van der Waals surface area (Å²) in [6, 6.07) is 3.44. The summed E-state index contributed by atoms with van der Waals surface area (Å²) in [6.07, 6.45) is 1.10. The molecule has 0 spiro atoms. The van der Waals surface area contributed by atoms with E-state index in [-0.39, 0.29) is 12.5 Å². The van der Waals surface area contributed by atoms with Crippen LogP contribution in [0.25, 0.3) is 11.2 Å². The summed E-state index contributed by atoms with van der Waals surface area (Å²) in [6.45, 7) is 0.558. The summed E-state index contributed by atoms with van der Waals surface area (Å²) in [7, 11) is -1.71. The Kier molecular flexibility index (Phi) is 3.58. The fraction of sp³-hybridized carbons (Fsp3) is 0.400. The summed E-state index contributed by atoms with van der Waals surface area (Å²) in [4.78, 5) is 8.40. The van der Waals surface area contributed by atoms with Crippen molar-refractivity contribution in [3.05, 3.63) is 12.1 Å². The van der Waals surface area contributed by atoms with Crippen molar-refractivity contribution in [2.45, 2.75) is 6.54 Å². The highest BCUT2D eigenvalue weighted by Crippen LogP contribution is 2.18. The normalized spacial score (nSPS) is 11.9. The number of nitrogens with one attached hydrogen (secondary N) is 1. The molecule has 9 heteroatoms. The van der Waals surface area contributed by atoms with Crippen LogP contribution in [-0.4, -0.2) is 42.9 Å². The van der Waals surface area contributed by atoms with Gasteiger partial charge in [0, 0.05) is 19.2 Å². The van der Waals surface area contributed by atoms with Crippen LogP contribution in [0.5, 0.6) is 5.88 Å². The highest BCUT2D eigenvalue weighted by atomic mass is 32.2. The first-order chi connectivity index (χ1) is 8.90. The Morgan fingerprint density at radius 3 is 2.79 bits per heavy atom. The molecule has 0 bridgehead atoms. The standard InChI is InChI=1S/C10H15N5O3S/c1-18-8-4-3-7-9(14-8)15(10(11)13-7)6-5-12-19(2,16)17/h3-4,12H,5-6H2,1-2H3,(H2,11,13). The summed E-state index contributed by atoms with van der Waals surface area (Å²) in [5.41, 5.74) is 6.99. The monoisotopic (exact) mass is 285 g/mol. The van der Waals surface area contributed by atoms with Crippen molar-refractivity contribution in [2.24, 2.45) is 0 Å². The number of anilines is 1. The number of nitrogen functional groups attached to an aromatic ring is 1. The third kappa shape index (κ3) is 3.12. The molecule has 0 fully saturated rings. The van der Waals surface area contributed by atoms with Crippen LogP contribution in [0.4, 0.5) is 5.95 Å². The van der Waals surface area contributed by atoms with E-state index in [0.29, 0.717) is 23.6 Å². The van der Waals surface area contributed by atoms with E-state index < -0.39 is 10.0 Å². The number of pyridine rings is 1. The quantitative estimate of drug-likeness (QED) is 0.771. The van der Waals surface area contributed by atoms with E-state index in [0.717, 1.165) is 6.26 Å². The Labute approximate surface area is 110 Å². The van der Waals surface area contributed by atoms with Gasteiger partial charge in [0.25, 0.3) is 0 Å². The molecule has 2 rings (SSSR count).